The van der Waals surface area contributed by atoms with Crippen molar-refractivity contribution in [1.29, 1.82) is 0 Å². The van der Waals surface area contributed by atoms with Gasteiger partial charge in [0.2, 0.25) is 0 Å². The number of hydrogen-bond acceptors (Lipinski definition) is 2. The van der Waals surface area contributed by atoms with Gasteiger partial charge >= 0.3 is 0 Å². The second-order valence-electron chi connectivity index (χ2n) is 19.1. The smallest absolute Gasteiger partial charge is 0.0540 e. The SMILES string of the molecule is Cc1ccc(-c2ccccc2)cc1N(c1ccccc1C1CCCC1)c1ccc2ccc3c(N(c4cc(-c5ccccc5)ccc4C)c4ccccc4C4CCCC4)ccc4ccc1c2c43. The highest BCUT2D eigenvalue weighted by atomic mass is 15.2. The molecular formula is C64H56N2. The number of para-hydroxylation sites is 2. The van der Waals surface area contributed by atoms with Gasteiger partial charge in [-0.05, 0) is 154 Å². The lowest BCUT2D eigenvalue weighted by atomic mass is 9.90. The van der Waals surface area contributed by atoms with Gasteiger partial charge in [0.25, 0.3) is 0 Å². The predicted octanol–water partition coefficient (Wildman–Crippen LogP) is 18.8. The Morgan fingerprint density at radius 2 is 0.697 bits per heavy atom. The maximum atomic E-state index is 2.62. The third kappa shape index (κ3) is 7.02. The minimum Gasteiger partial charge on any atom is -0.309 e. The summed E-state index contributed by atoms with van der Waals surface area (Å²) < 4.78 is 0. The third-order valence-electron chi connectivity index (χ3n) is 15.2. The van der Waals surface area contributed by atoms with E-state index in [9.17, 15) is 0 Å². The zero-order valence-electron chi connectivity index (χ0n) is 38.2. The van der Waals surface area contributed by atoms with Crippen LogP contribution >= 0.6 is 0 Å². The Bertz CT molecular complexity index is 3130. The highest BCUT2D eigenvalue weighted by Gasteiger charge is 2.29. The van der Waals surface area contributed by atoms with Gasteiger partial charge in [0.15, 0.2) is 0 Å². The molecule has 0 atom stereocenters. The summed E-state index contributed by atoms with van der Waals surface area (Å²) in [5.74, 6) is 1.09. The minimum atomic E-state index is 0.547. The van der Waals surface area contributed by atoms with Crippen molar-refractivity contribution in [2.75, 3.05) is 9.80 Å². The van der Waals surface area contributed by atoms with E-state index in [-0.39, 0.29) is 0 Å². The fraction of sp³-hybridized carbons (Fsp3) is 0.188. The molecule has 0 saturated heterocycles. The van der Waals surface area contributed by atoms with Gasteiger partial charge < -0.3 is 9.80 Å². The van der Waals surface area contributed by atoms with Gasteiger partial charge in [0.05, 0.1) is 11.4 Å². The molecule has 10 aromatic carbocycles. The fourth-order valence-corrected chi connectivity index (χ4v) is 11.8. The number of benzene rings is 10. The van der Waals surface area contributed by atoms with E-state index in [4.69, 9.17) is 0 Å². The molecule has 0 heterocycles. The molecule has 0 N–H and O–H groups in total. The van der Waals surface area contributed by atoms with E-state index in [1.165, 1.54) is 162 Å². The van der Waals surface area contributed by atoms with Crippen molar-refractivity contribution in [2.45, 2.75) is 77.0 Å². The summed E-state index contributed by atoms with van der Waals surface area (Å²) in [4.78, 5) is 5.23. The molecule has 0 amide bonds. The van der Waals surface area contributed by atoms with Crippen LogP contribution < -0.4 is 9.80 Å². The number of rotatable bonds is 10. The molecule has 2 aliphatic carbocycles. The summed E-state index contributed by atoms with van der Waals surface area (Å²) in [5.41, 5.74) is 17.8. The lowest BCUT2D eigenvalue weighted by molar-refractivity contribution is 0.723. The van der Waals surface area contributed by atoms with E-state index in [0.29, 0.717) is 11.8 Å². The third-order valence-corrected chi connectivity index (χ3v) is 15.2. The van der Waals surface area contributed by atoms with Gasteiger partial charge in [-0.2, -0.15) is 0 Å². The topological polar surface area (TPSA) is 6.48 Å². The van der Waals surface area contributed by atoms with Crippen LogP contribution in [0, 0.1) is 13.8 Å². The molecule has 12 rings (SSSR count). The van der Waals surface area contributed by atoms with Gasteiger partial charge in [-0.3, -0.25) is 0 Å². The Morgan fingerprint density at radius 1 is 0.318 bits per heavy atom. The molecule has 2 nitrogen and oxygen atoms in total. The minimum absolute atomic E-state index is 0.547. The Labute approximate surface area is 390 Å². The lowest BCUT2D eigenvalue weighted by Crippen LogP contribution is -2.15. The van der Waals surface area contributed by atoms with Crippen LogP contribution in [0.2, 0.25) is 0 Å². The first kappa shape index (κ1) is 40.4. The molecule has 0 unspecified atom stereocenters. The van der Waals surface area contributed by atoms with Crippen LogP contribution in [-0.4, -0.2) is 0 Å². The summed E-state index contributed by atoms with van der Waals surface area (Å²) in [5, 5.41) is 7.72. The Hall–Kier alpha value is -7.16. The highest BCUT2D eigenvalue weighted by Crippen LogP contribution is 2.52. The summed E-state index contributed by atoms with van der Waals surface area (Å²) in [6, 6.07) is 73.5. The zero-order valence-corrected chi connectivity index (χ0v) is 38.2. The maximum absolute atomic E-state index is 2.62. The second kappa shape index (κ2) is 17.0. The average Bonchev–Trinajstić information content (AvgIpc) is 4.13. The molecule has 66 heavy (non-hydrogen) atoms. The van der Waals surface area contributed by atoms with Crippen molar-refractivity contribution in [3.8, 4) is 22.3 Å². The average molecular weight is 853 g/mol. The molecule has 322 valence electrons. The predicted molar refractivity (Wildman–Crippen MR) is 282 cm³/mol. The molecule has 0 aliphatic heterocycles. The van der Waals surface area contributed by atoms with Gasteiger partial charge in [-0.1, -0.05) is 183 Å². The van der Waals surface area contributed by atoms with Gasteiger partial charge in [0.1, 0.15) is 0 Å². The number of nitrogens with zero attached hydrogens (tertiary/aromatic N) is 2. The summed E-state index contributed by atoms with van der Waals surface area (Å²) in [6.07, 6.45) is 10.1. The van der Waals surface area contributed by atoms with E-state index in [0.717, 1.165) is 0 Å². The van der Waals surface area contributed by atoms with Crippen LogP contribution in [0.1, 0.15) is 85.5 Å². The second-order valence-corrected chi connectivity index (χ2v) is 19.1. The lowest BCUT2D eigenvalue weighted by Gasteiger charge is -2.33. The first-order chi connectivity index (χ1) is 32.6. The van der Waals surface area contributed by atoms with E-state index in [1.54, 1.807) is 0 Å². The molecular weight excluding hydrogens is 797 g/mol. The molecule has 2 saturated carbocycles. The van der Waals surface area contributed by atoms with Crippen molar-refractivity contribution < 1.29 is 0 Å². The van der Waals surface area contributed by atoms with Gasteiger partial charge in [-0.15, -0.1) is 0 Å². The number of aryl methyl sites for hydroxylation is 2. The van der Waals surface area contributed by atoms with Gasteiger partial charge in [-0.25, -0.2) is 0 Å². The molecule has 0 spiro atoms. The van der Waals surface area contributed by atoms with Crippen LogP contribution in [0.4, 0.5) is 34.1 Å². The first-order valence-corrected chi connectivity index (χ1v) is 24.4. The Balaban J connectivity index is 1.11. The normalized spacial score (nSPS) is 14.5. The van der Waals surface area contributed by atoms with Crippen molar-refractivity contribution in [1.82, 2.24) is 0 Å². The molecule has 0 radical (unpaired) electrons. The van der Waals surface area contributed by atoms with Crippen molar-refractivity contribution in [2.24, 2.45) is 0 Å². The molecule has 2 fully saturated rings. The quantitative estimate of drug-likeness (QED) is 0.127. The van der Waals surface area contributed by atoms with E-state index in [2.05, 4.69) is 218 Å². The molecule has 2 heteroatoms. The van der Waals surface area contributed by atoms with Gasteiger partial charge in [0, 0.05) is 33.5 Å². The first-order valence-electron chi connectivity index (χ1n) is 24.4. The Kier molecular flexibility index (Phi) is 10.4. The maximum Gasteiger partial charge on any atom is 0.0540 e. The highest BCUT2D eigenvalue weighted by molar-refractivity contribution is 6.28. The molecule has 0 aromatic heterocycles. The summed E-state index contributed by atoms with van der Waals surface area (Å²) >= 11 is 0. The van der Waals surface area contributed by atoms with Crippen LogP contribution in [0.5, 0.6) is 0 Å². The van der Waals surface area contributed by atoms with Crippen LogP contribution in [0.3, 0.4) is 0 Å². The monoisotopic (exact) mass is 852 g/mol. The Morgan fingerprint density at radius 3 is 1.12 bits per heavy atom. The standard InChI is InChI=1S/C64H56N2/c1-43-29-31-51(45-17-5-3-6-18-45)41-61(43)65(57-27-15-13-25-53(57)47-21-9-10-22-47)59-39-35-49-34-38-56-60(40-36-50-33-37-55(59)63(49)64(50)56)66(58-28-16-14-26-54(58)48-23-11-12-24-48)62-42-52(32-30-44(62)2)46-19-7-4-8-20-46/h3-8,13-20,25-42,47-48H,9-12,21-24H2,1-2H3. The number of anilines is 6. The van der Waals surface area contributed by atoms with Crippen LogP contribution in [0.15, 0.2) is 194 Å². The van der Waals surface area contributed by atoms with E-state index < -0.39 is 0 Å². The van der Waals surface area contributed by atoms with Crippen LogP contribution in [-0.2, 0) is 0 Å². The van der Waals surface area contributed by atoms with Crippen molar-refractivity contribution in [3.05, 3.63) is 216 Å². The summed E-state index contributed by atoms with van der Waals surface area (Å²) in [7, 11) is 0. The fourth-order valence-electron chi connectivity index (χ4n) is 11.8. The van der Waals surface area contributed by atoms with E-state index in [1.807, 2.05) is 0 Å². The molecule has 10 aromatic rings. The summed E-state index contributed by atoms with van der Waals surface area (Å²) in [6.45, 7) is 4.56. The van der Waals surface area contributed by atoms with Crippen LogP contribution in [0.25, 0.3) is 54.6 Å². The molecule has 2 aliphatic rings. The zero-order chi connectivity index (χ0) is 44.1. The van der Waals surface area contributed by atoms with Crippen molar-refractivity contribution >= 4 is 66.4 Å². The largest absolute Gasteiger partial charge is 0.309 e. The van der Waals surface area contributed by atoms with Crippen molar-refractivity contribution in [3.63, 3.8) is 0 Å². The number of hydrogen-bond donors (Lipinski definition) is 0. The van der Waals surface area contributed by atoms with E-state index >= 15 is 0 Å². The molecule has 0 bridgehead atoms.